The number of aromatic nitrogens is 1. The van der Waals surface area contributed by atoms with Gasteiger partial charge in [0.05, 0.1) is 0 Å². The first-order valence-electron chi connectivity index (χ1n) is 10.7. The normalized spacial score (nSPS) is 18.8. The number of halogens is 1. The fraction of sp³-hybridized carbons (Fsp3) is 0.360. The molecule has 2 atom stereocenters. The van der Waals surface area contributed by atoms with Crippen molar-refractivity contribution in [2.75, 3.05) is 29.9 Å². The number of hydrogen-bond acceptors (Lipinski definition) is 4. The van der Waals surface area contributed by atoms with Gasteiger partial charge in [0, 0.05) is 29.2 Å². The number of anilines is 2. The van der Waals surface area contributed by atoms with Gasteiger partial charge in [-0.2, -0.15) is 0 Å². The third-order valence-corrected chi connectivity index (χ3v) is 6.08. The number of carbonyl (C=O) groups excluding carboxylic acids is 1. The van der Waals surface area contributed by atoms with E-state index in [2.05, 4.69) is 36.2 Å². The minimum atomic E-state index is -0.244. The first kappa shape index (κ1) is 21.4. The van der Waals surface area contributed by atoms with Crippen molar-refractivity contribution in [2.45, 2.75) is 27.2 Å². The highest BCUT2D eigenvalue weighted by Crippen LogP contribution is 2.30. The Morgan fingerprint density at radius 2 is 1.94 bits per heavy atom. The Kier molecular flexibility index (Phi) is 6.33. The molecule has 2 heterocycles. The van der Waals surface area contributed by atoms with E-state index in [1.165, 1.54) is 6.42 Å². The molecule has 1 N–H and O–H groups in total. The number of nitrogens with one attached hydrogen (secondary N) is 1. The van der Waals surface area contributed by atoms with Gasteiger partial charge < -0.3 is 15.0 Å². The second-order valence-electron chi connectivity index (χ2n) is 8.65. The zero-order valence-corrected chi connectivity index (χ0v) is 18.9. The first-order chi connectivity index (χ1) is 14.9. The molecule has 1 saturated heterocycles. The number of para-hydroxylation sites is 1. The van der Waals surface area contributed by atoms with E-state index in [1.54, 1.807) is 6.07 Å². The van der Waals surface area contributed by atoms with Crippen LogP contribution in [-0.2, 0) is 4.79 Å². The van der Waals surface area contributed by atoms with E-state index in [1.807, 2.05) is 37.3 Å². The predicted molar refractivity (Wildman–Crippen MR) is 127 cm³/mol. The third kappa shape index (κ3) is 5.10. The Morgan fingerprint density at radius 3 is 2.68 bits per heavy atom. The van der Waals surface area contributed by atoms with Gasteiger partial charge in [-0.25, -0.2) is 4.98 Å². The summed E-state index contributed by atoms with van der Waals surface area (Å²) in [5, 5.41) is 4.43. The molecule has 1 amide bonds. The van der Waals surface area contributed by atoms with Crippen LogP contribution in [0.1, 0.15) is 25.8 Å². The maximum Gasteiger partial charge on any atom is 0.262 e. The molecule has 1 fully saturated rings. The van der Waals surface area contributed by atoms with Crippen LogP contribution in [0, 0.1) is 18.8 Å². The molecule has 0 radical (unpaired) electrons. The van der Waals surface area contributed by atoms with Crippen LogP contribution in [0.3, 0.4) is 0 Å². The molecule has 5 nitrogen and oxygen atoms in total. The van der Waals surface area contributed by atoms with E-state index in [-0.39, 0.29) is 12.5 Å². The Labute approximate surface area is 188 Å². The lowest BCUT2D eigenvalue weighted by Gasteiger charge is -2.35. The maximum atomic E-state index is 12.4. The molecule has 4 rings (SSSR count). The fourth-order valence-electron chi connectivity index (χ4n) is 4.26. The predicted octanol–water partition coefficient (Wildman–Crippen LogP) is 5.70. The molecule has 1 aliphatic rings. The van der Waals surface area contributed by atoms with Crippen molar-refractivity contribution in [1.82, 2.24) is 4.98 Å². The maximum absolute atomic E-state index is 12.4. The van der Waals surface area contributed by atoms with Crippen LogP contribution in [-0.4, -0.2) is 30.6 Å². The summed E-state index contributed by atoms with van der Waals surface area (Å²) in [4.78, 5) is 19.6. The number of carbonyl (C=O) groups is 1. The van der Waals surface area contributed by atoms with Crippen LogP contribution in [0.15, 0.2) is 48.5 Å². The molecular weight excluding hydrogens is 410 g/mol. The van der Waals surface area contributed by atoms with Gasteiger partial charge in [0.25, 0.3) is 5.91 Å². The Morgan fingerprint density at radius 1 is 1.16 bits per heavy atom. The van der Waals surface area contributed by atoms with Crippen molar-refractivity contribution in [3.05, 3.63) is 59.1 Å². The van der Waals surface area contributed by atoms with Gasteiger partial charge in [-0.1, -0.05) is 43.6 Å². The van der Waals surface area contributed by atoms with E-state index in [4.69, 9.17) is 21.3 Å². The van der Waals surface area contributed by atoms with Gasteiger partial charge in [-0.3, -0.25) is 4.79 Å². The van der Waals surface area contributed by atoms with Crippen LogP contribution >= 0.6 is 11.6 Å². The van der Waals surface area contributed by atoms with E-state index in [0.717, 1.165) is 35.4 Å². The molecule has 6 heteroatoms. The molecule has 0 spiro atoms. The summed E-state index contributed by atoms with van der Waals surface area (Å²) >= 11 is 6.14. The largest absolute Gasteiger partial charge is 0.481 e. The summed E-state index contributed by atoms with van der Waals surface area (Å²) < 4.78 is 5.87. The molecule has 162 valence electrons. The molecule has 0 bridgehead atoms. The highest BCUT2D eigenvalue weighted by atomic mass is 35.5. The smallest absolute Gasteiger partial charge is 0.262 e. The standard InChI is InChI=1S/C25H28ClN3O2/c1-16-11-17(2)14-29(13-16)23-10-8-19-5-4-6-22(25(19)28-23)31-15-24(30)27-20-9-7-18(3)21(26)12-20/h4-10,12,16-17H,11,13-15H2,1-3H3,(H,27,30). The summed E-state index contributed by atoms with van der Waals surface area (Å²) in [6.07, 6.45) is 1.25. The number of aryl methyl sites for hydroxylation is 1. The number of hydrogen-bond donors (Lipinski definition) is 1. The second kappa shape index (κ2) is 9.15. The number of rotatable bonds is 5. The Balaban J connectivity index is 1.49. The average molecular weight is 438 g/mol. The van der Waals surface area contributed by atoms with E-state index in [0.29, 0.717) is 28.3 Å². The third-order valence-electron chi connectivity index (χ3n) is 5.68. The van der Waals surface area contributed by atoms with Crippen molar-refractivity contribution in [3.63, 3.8) is 0 Å². The van der Waals surface area contributed by atoms with Crippen molar-refractivity contribution >= 4 is 39.9 Å². The quantitative estimate of drug-likeness (QED) is 0.556. The van der Waals surface area contributed by atoms with Crippen LogP contribution in [0.5, 0.6) is 5.75 Å². The zero-order chi connectivity index (χ0) is 22.0. The molecule has 3 aromatic rings. The molecule has 2 aromatic carbocycles. The molecule has 31 heavy (non-hydrogen) atoms. The summed E-state index contributed by atoms with van der Waals surface area (Å²) in [6.45, 7) is 8.41. The zero-order valence-electron chi connectivity index (χ0n) is 18.2. The van der Waals surface area contributed by atoms with Crippen molar-refractivity contribution < 1.29 is 9.53 Å². The van der Waals surface area contributed by atoms with Gasteiger partial charge in [-0.05, 0) is 61.1 Å². The minimum Gasteiger partial charge on any atom is -0.481 e. The molecule has 1 aliphatic heterocycles. The number of amides is 1. The molecule has 0 aliphatic carbocycles. The summed E-state index contributed by atoms with van der Waals surface area (Å²) in [5.74, 6) is 2.61. The highest BCUT2D eigenvalue weighted by Gasteiger charge is 2.23. The number of ether oxygens (including phenoxy) is 1. The first-order valence-corrected chi connectivity index (χ1v) is 11.1. The second-order valence-corrected chi connectivity index (χ2v) is 9.06. The monoisotopic (exact) mass is 437 g/mol. The van der Waals surface area contributed by atoms with Gasteiger partial charge in [0.15, 0.2) is 6.61 Å². The van der Waals surface area contributed by atoms with E-state index >= 15 is 0 Å². The average Bonchev–Trinajstić information content (AvgIpc) is 2.74. The number of piperidine rings is 1. The molecule has 2 unspecified atom stereocenters. The minimum absolute atomic E-state index is 0.103. The number of pyridine rings is 1. The van der Waals surface area contributed by atoms with Crippen molar-refractivity contribution in [2.24, 2.45) is 11.8 Å². The van der Waals surface area contributed by atoms with Crippen molar-refractivity contribution in [3.8, 4) is 5.75 Å². The summed E-state index contributed by atoms with van der Waals surface area (Å²) in [7, 11) is 0. The topological polar surface area (TPSA) is 54.5 Å². The Bertz CT molecular complexity index is 1090. The van der Waals surface area contributed by atoms with Gasteiger partial charge in [0.1, 0.15) is 17.1 Å². The van der Waals surface area contributed by atoms with Gasteiger partial charge >= 0.3 is 0 Å². The van der Waals surface area contributed by atoms with E-state index < -0.39 is 0 Å². The van der Waals surface area contributed by atoms with Gasteiger partial charge in [-0.15, -0.1) is 0 Å². The van der Waals surface area contributed by atoms with Crippen molar-refractivity contribution in [1.29, 1.82) is 0 Å². The highest BCUT2D eigenvalue weighted by molar-refractivity contribution is 6.31. The summed E-state index contributed by atoms with van der Waals surface area (Å²) in [5.41, 5.74) is 2.39. The van der Waals surface area contributed by atoms with Crippen LogP contribution in [0.4, 0.5) is 11.5 Å². The van der Waals surface area contributed by atoms with Crippen LogP contribution in [0.2, 0.25) is 5.02 Å². The van der Waals surface area contributed by atoms with Crippen LogP contribution in [0.25, 0.3) is 10.9 Å². The lowest BCUT2D eigenvalue weighted by Crippen LogP contribution is -2.39. The lowest BCUT2D eigenvalue weighted by molar-refractivity contribution is -0.118. The fourth-order valence-corrected chi connectivity index (χ4v) is 4.44. The van der Waals surface area contributed by atoms with Gasteiger partial charge in [0.2, 0.25) is 0 Å². The number of fused-ring (bicyclic) bond motifs is 1. The molecule has 0 saturated carbocycles. The number of benzene rings is 2. The van der Waals surface area contributed by atoms with Crippen LogP contribution < -0.4 is 15.0 Å². The molecular formula is C25H28ClN3O2. The SMILES string of the molecule is Cc1ccc(NC(=O)COc2cccc3ccc(N4CC(C)CC(C)C4)nc23)cc1Cl. The number of nitrogens with zero attached hydrogens (tertiary/aromatic N) is 2. The lowest BCUT2D eigenvalue weighted by atomic mass is 9.92. The summed E-state index contributed by atoms with van der Waals surface area (Å²) in [6, 6.07) is 15.4. The Hall–Kier alpha value is -2.79. The van der Waals surface area contributed by atoms with E-state index in [9.17, 15) is 4.79 Å². The molecule has 1 aromatic heterocycles.